The van der Waals surface area contributed by atoms with Crippen molar-refractivity contribution in [1.29, 1.82) is 0 Å². The van der Waals surface area contributed by atoms with Gasteiger partial charge in [-0.3, -0.25) is 0 Å². The summed E-state index contributed by atoms with van der Waals surface area (Å²) in [4.78, 5) is 9.85. The van der Waals surface area contributed by atoms with Crippen molar-refractivity contribution in [3.8, 4) is 28.0 Å². The van der Waals surface area contributed by atoms with Gasteiger partial charge in [0.25, 0.3) is 0 Å². The number of benzene rings is 1. The van der Waals surface area contributed by atoms with Crippen LogP contribution in [-0.4, -0.2) is 15.6 Å². The van der Waals surface area contributed by atoms with Gasteiger partial charge >= 0.3 is 0 Å². The first kappa shape index (κ1) is 23.9. The molecule has 0 spiro atoms. The number of aromatic nitrogens is 2. The zero-order valence-corrected chi connectivity index (χ0v) is 21.9. The molecule has 3 aromatic rings. The molecule has 31 heavy (non-hydrogen) atoms. The lowest BCUT2D eigenvalue weighted by molar-refractivity contribution is 0.208. The molecule has 1 atom stereocenters. The van der Waals surface area contributed by atoms with E-state index in [4.69, 9.17) is 15.0 Å². The molecule has 0 fully saturated rings. The van der Waals surface area contributed by atoms with Crippen molar-refractivity contribution in [2.45, 2.75) is 45.8 Å². The second-order valence-electron chi connectivity index (χ2n) is 7.75. The summed E-state index contributed by atoms with van der Waals surface area (Å²) in [5, 5.41) is 1.10. The van der Waals surface area contributed by atoms with Crippen molar-refractivity contribution in [1.82, 2.24) is 9.97 Å². The van der Waals surface area contributed by atoms with Gasteiger partial charge in [-0.2, -0.15) is 0 Å². The third-order valence-electron chi connectivity index (χ3n) is 4.31. The number of nitrogens with two attached hydrogens (primary N) is 1. The maximum Gasteiger partial charge on any atom is 0.166 e. The Bertz CT molecular complexity index is 1110. The molecule has 1 unspecified atom stereocenters. The van der Waals surface area contributed by atoms with Crippen molar-refractivity contribution in [3.63, 3.8) is 0 Å². The molecule has 0 aliphatic rings. The quantitative estimate of drug-likeness (QED) is 0.199. The summed E-state index contributed by atoms with van der Waals surface area (Å²) in [6.45, 7) is 8.95. The highest BCUT2D eigenvalue weighted by atomic mass is 127. The van der Waals surface area contributed by atoms with E-state index in [0.29, 0.717) is 30.5 Å². The van der Waals surface area contributed by atoms with E-state index in [2.05, 4.69) is 57.7 Å². The van der Waals surface area contributed by atoms with Crippen LogP contribution < -0.4 is 10.5 Å². The molecule has 8 heteroatoms. The average Bonchev–Trinajstić information content (AvgIpc) is 3.23. The van der Waals surface area contributed by atoms with E-state index in [1.807, 2.05) is 50.4 Å². The fourth-order valence-electron chi connectivity index (χ4n) is 2.64. The molecular formula is C23H25IN3O2PS. The molecule has 2 heterocycles. The van der Waals surface area contributed by atoms with Crippen molar-refractivity contribution < 1.29 is 9.26 Å². The highest BCUT2D eigenvalue weighted by molar-refractivity contribution is 14.2. The van der Waals surface area contributed by atoms with Crippen LogP contribution in [0.15, 0.2) is 42.7 Å². The van der Waals surface area contributed by atoms with Gasteiger partial charge in [0.05, 0.1) is 16.3 Å². The van der Waals surface area contributed by atoms with Gasteiger partial charge in [-0.05, 0) is 59.7 Å². The van der Waals surface area contributed by atoms with Gasteiger partial charge < -0.3 is 15.0 Å². The van der Waals surface area contributed by atoms with Crippen LogP contribution in [-0.2, 0) is 11.1 Å². The van der Waals surface area contributed by atoms with Crippen LogP contribution in [0.4, 0.5) is 5.82 Å². The Labute approximate surface area is 202 Å². The normalized spacial score (nSPS) is 11.7. The Kier molecular flexibility index (Phi) is 8.29. The van der Waals surface area contributed by atoms with Crippen molar-refractivity contribution in [2.24, 2.45) is 0 Å². The number of anilines is 1. The Morgan fingerprint density at radius 1 is 1.23 bits per heavy atom. The lowest BCUT2D eigenvalue weighted by Crippen LogP contribution is -2.16. The van der Waals surface area contributed by atoms with Crippen LogP contribution >= 0.6 is 39.8 Å². The number of thiazole rings is 1. The summed E-state index contributed by atoms with van der Waals surface area (Å²) in [6, 6.07) is 9.89. The van der Waals surface area contributed by atoms with E-state index in [9.17, 15) is 0 Å². The monoisotopic (exact) mass is 565 g/mol. The highest BCUT2D eigenvalue weighted by Crippen LogP contribution is 2.33. The molecule has 0 bridgehead atoms. The fraction of sp³-hybridized carbons (Fsp3) is 0.304. The topological polar surface area (TPSA) is 70.3 Å². The SMILES string of the molecule is CC(C)c1ncc(-c2cnc(N)c(OCc3cccc(C#CC(C)(C)OPI)c3)c2)s1. The first-order chi connectivity index (χ1) is 14.8. The van der Waals surface area contributed by atoms with Gasteiger partial charge in [-0.25, -0.2) is 9.97 Å². The molecule has 2 N–H and O–H groups in total. The number of ether oxygens (including phenoxy) is 1. The smallest absolute Gasteiger partial charge is 0.166 e. The van der Waals surface area contributed by atoms with Crippen molar-refractivity contribution in [3.05, 3.63) is 58.9 Å². The molecule has 0 amide bonds. The number of hydrogen-bond donors (Lipinski definition) is 1. The van der Waals surface area contributed by atoms with Crippen LogP contribution in [0.1, 0.15) is 49.7 Å². The molecule has 1 aromatic carbocycles. The first-order valence-corrected chi connectivity index (χ1v) is 14.6. The zero-order valence-electron chi connectivity index (χ0n) is 17.9. The van der Waals surface area contributed by atoms with E-state index in [-0.39, 0.29) is 0 Å². The maximum absolute atomic E-state index is 6.05. The molecule has 3 rings (SSSR count). The Morgan fingerprint density at radius 2 is 2.03 bits per heavy atom. The molecule has 0 aliphatic carbocycles. The molecule has 0 aliphatic heterocycles. The van der Waals surface area contributed by atoms with Crippen LogP contribution in [0, 0.1) is 11.8 Å². The predicted molar refractivity (Wildman–Crippen MR) is 139 cm³/mol. The number of pyridine rings is 1. The number of nitrogens with zero attached hydrogens (tertiary/aromatic N) is 2. The lowest BCUT2D eigenvalue weighted by atomic mass is 10.1. The molecule has 0 saturated carbocycles. The van der Waals surface area contributed by atoms with Crippen molar-refractivity contribution in [2.75, 3.05) is 5.73 Å². The van der Waals surface area contributed by atoms with Gasteiger partial charge in [-0.15, -0.1) is 11.3 Å². The largest absolute Gasteiger partial charge is 0.485 e. The molecule has 2 aromatic heterocycles. The minimum atomic E-state index is -0.473. The van der Waals surface area contributed by atoms with Crippen molar-refractivity contribution >= 4 is 45.6 Å². The highest BCUT2D eigenvalue weighted by Gasteiger charge is 2.14. The standard InChI is InChI=1S/C23H25IN3O2PS/c1-15(2)22-27-13-20(31-22)18-11-19(21(25)26-12-18)28-14-17-7-5-6-16(10-17)8-9-23(3,4)29-30-24/h5-7,10-13,15,30H,14H2,1-4H3,(H2,25,26). The number of halogens is 1. The summed E-state index contributed by atoms with van der Waals surface area (Å²) >= 11 is 3.87. The predicted octanol–water partition coefficient (Wildman–Crippen LogP) is 6.58. The van der Waals surface area contributed by atoms with E-state index < -0.39 is 5.60 Å². The number of hydrogen-bond acceptors (Lipinski definition) is 6. The Morgan fingerprint density at radius 3 is 2.74 bits per heavy atom. The van der Waals surface area contributed by atoms with Gasteiger partial charge in [-0.1, -0.05) is 37.8 Å². The summed E-state index contributed by atoms with van der Waals surface area (Å²) in [5.74, 6) is 7.69. The third kappa shape index (κ3) is 6.88. The van der Waals surface area contributed by atoms with Crippen LogP contribution in [0.2, 0.25) is 0 Å². The summed E-state index contributed by atoms with van der Waals surface area (Å²) < 4.78 is 11.7. The molecule has 5 nitrogen and oxygen atoms in total. The van der Waals surface area contributed by atoms with E-state index in [1.165, 1.54) is 0 Å². The summed E-state index contributed by atoms with van der Waals surface area (Å²) in [7, 11) is 0. The lowest BCUT2D eigenvalue weighted by Gasteiger charge is -2.15. The number of rotatable bonds is 7. The van der Waals surface area contributed by atoms with E-state index in [1.54, 1.807) is 17.5 Å². The van der Waals surface area contributed by atoms with Gasteiger partial charge in [0.1, 0.15) is 12.2 Å². The van der Waals surface area contributed by atoms with E-state index in [0.717, 1.165) is 26.6 Å². The zero-order chi connectivity index (χ0) is 22.4. The molecule has 0 saturated heterocycles. The second-order valence-corrected chi connectivity index (χ2v) is 10.5. The van der Waals surface area contributed by atoms with Crippen LogP contribution in [0.3, 0.4) is 0 Å². The second kappa shape index (κ2) is 10.7. The fourth-order valence-corrected chi connectivity index (χ4v) is 5.43. The Balaban J connectivity index is 1.73. The summed E-state index contributed by atoms with van der Waals surface area (Å²) in [6.07, 6.45) is 3.64. The minimum Gasteiger partial charge on any atom is -0.485 e. The molecule has 0 radical (unpaired) electrons. The van der Waals surface area contributed by atoms with Crippen LogP contribution in [0.5, 0.6) is 5.75 Å². The molecule has 162 valence electrons. The molecular weight excluding hydrogens is 540 g/mol. The van der Waals surface area contributed by atoms with Gasteiger partial charge in [0, 0.05) is 29.4 Å². The number of nitrogen functional groups attached to an aromatic ring is 1. The minimum absolute atomic E-state index is 0.367. The van der Waals surface area contributed by atoms with Crippen LogP contribution in [0.25, 0.3) is 10.4 Å². The first-order valence-electron chi connectivity index (χ1n) is 9.77. The maximum atomic E-state index is 6.05. The average molecular weight is 565 g/mol. The van der Waals surface area contributed by atoms with E-state index >= 15 is 0 Å². The third-order valence-corrected chi connectivity index (χ3v) is 6.90. The summed E-state index contributed by atoms with van der Waals surface area (Å²) in [5.41, 5.74) is 8.45. The van der Waals surface area contributed by atoms with Gasteiger partial charge in [0.2, 0.25) is 0 Å². The Hall–Kier alpha value is -1.72. The van der Waals surface area contributed by atoms with Gasteiger partial charge in [0.15, 0.2) is 11.6 Å².